The van der Waals surface area contributed by atoms with Crippen molar-refractivity contribution in [3.8, 4) is 0 Å². The Labute approximate surface area is 547 Å². The van der Waals surface area contributed by atoms with Crippen LogP contribution in [0.5, 0.6) is 0 Å². The molecule has 3 unspecified atom stereocenters. The molecule has 1 saturated heterocycles. The average molecular weight is 1280 g/mol. The van der Waals surface area contributed by atoms with Crippen molar-refractivity contribution in [2.45, 2.75) is 231 Å². The number of aliphatic hydroxyl groups excluding tert-OH is 1. The number of unbranched alkanes of at least 4 members (excludes halogenated alkanes) is 13. The number of hydrogen-bond donors (Lipinski definition) is 4. The van der Waals surface area contributed by atoms with Crippen LogP contribution in [-0.2, 0) is 63.8 Å². The van der Waals surface area contributed by atoms with Crippen LogP contribution < -0.4 is 10.6 Å². The molecule has 18 nitrogen and oxygen atoms in total. The molecule has 1 aliphatic heterocycles. The van der Waals surface area contributed by atoms with Crippen LogP contribution in [0.4, 0.5) is 0 Å². The van der Waals surface area contributed by atoms with Crippen LogP contribution in [0.15, 0.2) is 132 Å². The van der Waals surface area contributed by atoms with Gasteiger partial charge in [-0.2, -0.15) is 0 Å². The zero-order valence-corrected chi connectivity index (χ0v) is 55.2. The van der Waals surface area contributed by atoms with Crippen molar-refractivity contribution < 1.29 is 77.0 Å². The molecule has 4 aromatic rings. The van der Waals surface area contributed by atoms with Gasteiger partial charge in [-0.3, -0.25) is 24.0 Å². The Bertz CT molecular complexity index is 3230. The van der Waals surface area contributed by atoms with Crippen molar-refractivity contribution in [3.63, 3.8) is 0 Å². The van der Waals surface area contributed by atoms with Crippen LogP contribution in [0, 0.1) is 22.7 Å². The molecule has 1 heterocycles. The van der Waals surface area contributed by atoms with Crippen molar-refractivity contribution in [1.82, 2.24) is 10.6 Å². The van der Waals surface area contributed by atoms with E-state index in [0.717, 1.165) is 31.2 Å². The maximum Gasteiger partial charge on any atom is 0.350 e. The predicted octanol–water partition coefficient (Wildman–Crippen LogP) is 11.9. The van der Waals surface area contributed by atoms with E-state index in [2.05, 4.69) is 17.6 Å². The number of hydrogen-bond acceptors (Lipinski definition) is 16. The topological polar surface area (TPSA) is 256 Å². The van der Waals surface area contributed by atoms with Gasteiger partial charge in [-0.05, 0) is 66.8 Å². The molecule has 502 valence electrons. The second-order valence-electron chi connectivity index (χ2n) is 26.7. The van der Waals surface area contributed by atoms with Gasteiger partial charge in [0.05, 0.1) is 36.0 Å². The molecule has 2 saturated carbocycles. The summed E-state index contributed by atoms with van der Waals surface area (Å²) in [6.45, 7) is 11.3. The third-order valence-corrected chi connectivity index (χ3v) is 20.0. The first kappa shape index (κ1) is 71.3. The molecule has 0 radical (unpaired) electrons. The fourth-order valence-electron chi connectivity index (χ4n) is 14.8. The SMILES string of the molecule is CCCCCCCCCCCCCCCCC(NC(=O)CCC(=O)O[C@@H](C(=O)O[C@H]1C[C@@]2(O)C(OC(=O)c3ccccc3)C3[C@](C)(C(=O)[C@H](C)C(=C1C)C2(C)C)[C@@H](O)C[C@H]1OC[C@@]31OC(C)=O)[C@@H](NC(=O)c1ccccc1)c1ccccc1)C(=O)OCc1ccccc1. The molecule has 2 bridgehead atoms. The monoisotopic (exact) mass is 1280 g/mol. The van der Waals surface area contributed by atoms with E-state index in [4.69, 9.17) is 28.4 Å². The molecule has 0 aromatic heterocycles. The molecule has 4 N–H and O–H groups in total. The summed E-state index contributed by atoms with van der Waals surface area (Å²) in [6, 6.07) is 31.1. The summed E-state index contributed by atoms with van der Waals surface area (Å²) in [6.07, 6.45) is 6.95. The maximum absolute atomic E-state index is 15.7. The maximum atomic E-state index is 15.7. The highest BCUT2D eigenvalue weighted by Gasteiger charge is 2.77. The van der Waals surface area contributed by atoms with Gasteiger partial charge in [-0.1, -0.05) is 215 Å². The van der Waals surface area contributed by atoms with E-state index < -0.39 is 143 Å². The largest absolute Gasteiger partial charge is 0.459 e. The Kier molecular flexibility index (Phi) is 25.0. The fourth-order valence-corrected chi connectivity index (χ4v) is 14.8. The highest BCUT2D eigenvalue weighted by Crippen LogP contribution is 2.65. The second kappa shape index (κ2) is 32.5. The summed E-state index contributed by atoms with van der Waals surface area (Å²) >= 11 is 0. The number of nitrogens with one attached hydrogen (secondary N) is 2. The number of rotatable bonds is 32. The zero-order valence-electron chi connectivity index (χ0n) is 55.2. The number of ketones is 1. The van der Waals surface area contributed by atoms with Gasteiger partial charge in [0.1, 0.15) is 48.4 Å². The van der Waals surface area contributed by atoms with Crippen molar-refractivity contribution in [1.29, 1.82) is 0 Å². The number of aliphatic hydroxyl groups is 2. The fraction of sp³-hybridized carbons (Fsp3) is 0.547. The number of esters is 5. The van der Waals surface area contributed by atoms with E-state index >= 15 is 9.59 Å². The second-order valence-corrected chi connectivity index (χ2v) is 26.7. The summed E-state index contributed by atoms with van der Waals surface area (Å²) in [5.41, 5.74) is -5.40. The van der Waals surface area contributed by atoms with Gasteiger partial charge < -0.3 is 49.3 Å². The Morgan fingerprint density at radius 1 is 0.688 bits per heavy atom. The molecule has 12 atom stereocenters. The lowest BCUT2D eigenvalue weighted by molar-refractivity contribution is -0.345. The van der Waals surface area contributed by atoms with E-state index in [9.17, 15) is 39.0 Å². The summed E-state index contributed by atoms with van der Waals surface area (Å²) in [5.74, 6) is -8.94. The van der Waals surface area contributed by atoms with E-state index in [1.54, 1.807) is 107 Å². The summed E-state index contributed by atoms with van der Waals surface area (Å²) in [7, 11) is 0. The lowest BCUT2D eigenvalue weighted by Gasteiger charge is -2.67. The molecule has 8 rings (SSSR count). The molecule has 4 aliphatic rings. The molecule has 18 heteroatoms. The first-order chi connectivity index (χ1) is 44.6. The van der Waals surface area contributed by atoms with Crippen molar-refractivity contribution in [2.24, 2.45) is 22.7 Å². The van der Waals surface area contributed by atoms with E-state index in [1.165, 1.54) is 83.8 Å². The van der Waals surface area contributed by atoms with Crippen LogP contribution >= 0.6 is 0 Å². The lowest BCUT2D eigenvalue weighted by Crippen LogP contribution is -2.81. The average Bonchev–Trinajstić information content (AvgIpc) is 0.672. The van der Waals surface area contributed by atoms with Crippen LogP contribution in [0.1, 0.15) is 208 Å². The van der Waals surface area contributed by atoms with Gasteiger partial charge in [0.15, 0.2) is 5.60 Å². The number of benzene rings is 4. The van der Waals surface area contributed by atoms with E-state index in [-0.39, 0.29) is 30.8 Å². The van der Waals surface area contributed by atoms with Gasteiger partial charge in [-0.25, -0.2) is 14.4 Å². The van der Waals surface area contributed by atoms with E-state index in [1.807, 2.05) is 30.3 Å². The number of ether oxygens (including phenoxy) is 6. The van der Waals surface area contributed by atoms with Gasteiger partial charge in [0.25, 0.3) is 5.91 Å². The first-order valence-electron chi connectivity index (χ1n) is 33.6. The summed E-state index contributed by atoms with van der Waals surface area (Å²) in [5, 5.41) is 32.0. The van der Waals surface area contributed by atoms with Crippen molar-refractivity contribution >= 4 is 47.4 Å². The Balaban J connectivity index is 1.06. The van der Waals surface area contributed by atoms with Gasteiger partial charge in [0, 0.05) is 43.1 Å². The van der Waals surface area contributed by atoms with Gasteiger partial charge in [0.2, 0.25) is 12.0 Å². The minimum absolute atomic E-state index is 0.0112. The van der Waals surface area contributed by atoms with E-state index in [0.29, 0.717) is 29.6 Å². The third-order valence-electron chi connectivity index (χ3n) is 20.0. The molecule has 93 heavy (non-hydrogen) atoms. The number of fused-ring (bicyclic) bond motifs is 5. The molecule has 3 aliphatic carbocycles. The standard InChI is InChI=1S/C75H96N2O16/c1-8-9-10-11-12-13-14-15-16-17-18-19-20-33-42-56(70(85)88-47-52-34-25-21-26-35-52)76-60(80)43-44-61(81)91-64(63(53-36-27-22-28-37-53)77-68(83)54-38-29-23-30-39-54)71(86)90-57-46-75(87)67(92-69(84)55-40-31-24-32-41-55)65-73(7,66(82)50(3)62(49(57)2)72(75,5)6)58(79)45-59-74(65,48-89-59)93-51(4)78/h21-32,34-41,50,56-59,63-65,67,79,87H,8-20,33,42-48H2,1-7H3,(H,76,80)(H,77,83)/t50-,56?,57+,58+,59-,63+,64-,65?,67?,73-,74+,75-/m1/s1. The molecular formula is C75H96N2O16. The lowest BCUT2D eigenvalue weighted by atomic mass is 9.43. The first-order valence-corrected chi connectivity index (χ1v) is 33.6. The normalized spacial score (nSPS) is 25.4. The van der Waals surface area contributed by atoms with Crippen LogP contribution in [0.3, 0.4) is 0 Å². The third kappa shape index (κ3) is 16.7. The molecular weight excluding hydrogens is 1180 g/mol. The molecule has 4 aromatic carbocycles. The summed E-state index contributed by atoms with van der Waals surface area (Å²) in [4.78, 5) is 116. The predicted molar refractivity (Wildman–Crippen MR) is 348 cm³/mol. The van der Waals surface area contributed by atoms with Gasteiger partial charge >= 0.3 is 29.8 Å². The summed E-state index contributed by atoms with van der Waals surface area (Å²) < 4.78 is 37.2. The number of carbonyl (C=O) groups is 8. The number of carbonyl (C=O) groups excluding carboxylic acids is 8. The van der Waals surface area contributed by atoms with Crippen LogP contribution in [0.2, 0.25) is 0 Å². The highest BCUT2D eigenvalue weighted by molar-refractivity contribution is 5.95. The Morgan fingerprint density at radius 3 is 1.80 bits per heavy atom. The minimum atomic E-state index is -2.33. The van der Waals surface area contributed by atoms with Gasteiger partial charge in [-0.15, -0.1) is 0 Å². The number of Topliss-reactive ketones (excluding diaryl/α,β-unsaturated/α-hetero) is 1. The Morgan fingerprint density at radius 2 is 1.24 bits per heavy atom. The van der Waals surface area contributed by atoms with Crippen molar-refractivity contribution in [2.75, 3.05) is 6.61 Å². The Hall–Kier alpha value is -7.54. The smallest absolute Gasteiger partial charge is 0.350 e. The van der Waals surface area contributed by atoms with Crippen molar-refractivity contribution in [3.05, 3.63) is 155 Å². The molecule has 0 spiro atoms. The quantitative estimate of drug-likeness (QED) is 0.0153. The highest BCUT2D eigenvalue weighted by atomic mass is 16.6. The zero-order chi connectivity index (χ0) is 66.9. The molecule has 2 amide bonds. The van der Waals surface area contributed by atoms with Crippen LogP contribution in [0.25, 0.3) is 0 Å². The number of amides is 2. The van der Waals surface area contributed by atoms with Crippen LogP contribution in [-0.4, -0.2) is 112 Å². The molecule has 3 fully saturated rings. The minimum Gasteiger partial charge on any atom is -0.459 e.